The van der Waals surface area contributed by atoms with Crippen LogP contribution in [0.15, 0.2) is 72.8 Å². The zero-order chi connectivity index (χ0) is 23.7. The van der Waals surface area contributed by atoms with E-state index in [1.54, 1.807) is 0 Å². The lowest BCUT2D eigenvalue weighted by molar-refractivity contribution is -0.117. The standard InChI is InChI=1S/C28H29N3O3/c1-19-11-13-23(14-12-19)34-18-22(32)17-31-26-10-6-4-8-24(26)29-28(31)21-15-27(33)30(16-21)25-9-5-3-7-20(25)2/h3-14,21-22,32H,15-18H2,1-2H3/t21-,22+/m1/s1. The third-order valence-electron chi connectivity index (χ3n) is 6.44. The molecule has 0 spiro atoms. The number of carbonyl (C=O) groups is 1. The summed E-state index contributed by atoms with van der Waals surface area (Å²) >= 11 is 0. The molecule has 0 unspecified atom stereocenters. The molecule has 174 valence electrons. The van der Waals surface area contributed by atoms with Gasteiger partial charge in [-0.3, -0.25) is 4.79 Å². The lowest BCUT2D eigenvalue weighted by atomic mass is 10.1. The van der Waals surface area contributed by atoms with Crippen molar-refractivity contribution in [3.8, 4) is 5.75 Å². The Morgan fingerprint density at radius 1 is 1.03 bits per heavy atom. The second-order valence-electron chi connectivity index (χ2n) is 9.04. The number of amides is 1. The molecule has 6 heteroatoms. The molecule has 2 atom stereocenters. The third kappa shape index (κ3) is 4.41. The number of anilines is 1. The van der Waals surface area contributed by atoms with Gasteiger partial charge in [0, 0.05) is 24.6 Å². The van der Waals surface area contributed by atoms with Gasteiger partial charge >= 0.3 is 0 Å². The molecule has 1 aromatic heterocycles. The van der Waals surface area contributed by atoms with Gasteiger partial charge in [-0.2, -0.15) is 0 Å². The summed E-state index contributed by atoms with van der Waals surface area (Å²) in [7, 11) is 0. The van der Waals surface area contributed by atoms with E-state index in [9.17, 15) is 9.90 Å². The molecule has 0 bridgehead atoms. The van der Waals surface area contributed by atoms with E-state index in [0.717, 1.165) is 39.4 Å². The van der Waals surface area contributed by atoms with Crippen LogP contribution in [0.4, 0.5) is 5.69 Å². The number of benzene rings is 3. The van der Waals surface area contributed by atoms with Crippen LogP contribution in [0, 0.1) is 13.8 Å². The molecule has 6 nitrogen and oxygen atoms in total. The topological polar surface area (TPSA) is 67.6 Å². The van der Waals surface area contributed by atoms with Crippen molar-refractivity contribution >= 4 is 22.6 Å². The number of fused-ring (bicyclic) bond motifs is 1. The van der Waals surface area contributed by atoms with Gasteiger partial charge in [-0.1, -0.05) is 48.0 Å². The number of aromatic nitrogens is 2. The highest BCUT2D eigenvalue weighted by Gasteiger charge is 2.35. The molecule has 1 aliphatic rings. The zero-order valence-electron chi connectivity index (χ0n) is 19.5. The van der Waals surface area contributed by atoms with Crippen molar-refractivity contribution in [2.24, 2.45) is 0 Å². The first-order chi connectivity index (χ1) is 16.5. The Bertz CT molecular complexity index is 1310. The minimum atomic E-state index is -0.720. The third-order valence-corrected chi connectivity index (χ3v) is 6.44. The first kappa shape index (κ1) is 22.2. The maximum Gasteiger partial charge on any atom is 0.227 e. The number of hydrogen-bond acceptors (Lipinski definition) is 4. The summed E-state index contributed by atoms with van der Waals surface area (Å²) in [6.07, 6.45) is -0.324. The SMILES string of the molecule is Cc1ccc(OC[C@@H](O)Cn2c([C@@H]3CC(=O)N(c4ccccc4C)C3)nc3ccccc32)cc1. The summed E-state index contributed by atoms with van der Waals surface area (Å²) in [6, 6.07) is 23.7. The molecule has 1 saturated heterocycles. The van der Waals surface area contributed by atoms with Gasteiger partial charge in [0.05, 0.1) is 17.6 Å². The second kappa shape index (κ2) is 9.31. The van der Waals surface area contributed by atoms with Crippen LogP contribution < -0.4 is 9.64 Å². The fraction of sp³-hybridized carbons (Fsp3) is 0.286. The molecule has 1 fully saturated rings. The smallest absolute Gasteiger partial charge is 0.227 e. The Labute approximate surface area is 199 Å². The summed E-state index contributed by atoms with van der Waals surface area (Å²) in [5, 5.41) is 10.8. The molecular weight excluding hydrogens is 426 g/mol. The number of aliphatic hydroxyl groups excluding tert-OH is 1. The van der Waals surface area contributed by atoms with E-state index in [1.165, 1.54) is 0 Å². The molecule has 1 N–H and O–H groups in total. The Hall–Kier alpha value is -3.64. The second-order valence-corrected chi connectivity index (χ2v) is 9.04. The quantitative estimate of drug-likeness (QED) is 0.442. The molecule has 0 aliphatic carbocycles. The van der Waals surface area contributed by atoms with E-state index in [0.29, 0.717) is 19.5 Å². The number of aryl methyl sites for hydroxylation is 2. The van der Waals surface area contributed by atoms with Crippen molar-refractivity contribution in [2.45, 2.75) is 38.8 Å². The Morgan fingerprint density at radius 2 is 1.76 bits per heavy atom. The summed E-state index contributed by atoms with van der Waals surface area (Å²) < 4.78 is 7.86. The van der Waals surface area contributed by atoms with Crippen molar-refractivity contribution in [2.75, 3.05) is 18.1 Å². The average molecular weight is 456 g/mol. The van der Waals surface area contributed by atoms with Crippen LogP contribution in [0.2, 0.25) is 0 Å². The van der Waals surface area contributed by atoms with Gasteiger partial charge in [-0.15, -0.1) is 0 Å². The number of hydrogen-bond donors (Lipinski definition) is 1. The van der Waals surface area contributed by atoms with Gasteiger partial charge in [-0.25, -0.2) is 4.98 Å². The van der Waals surface area contributed by atoms with Gasteiger partial charge in [0.2, 0.25) is 5.91 Å². The van der Waals surface area contributed by atoms with Crippen molar-refractivity contribution in [1.29, 1.82) is 0 Å². The molecule has 0 radical (unpaired) electrons. The number of carbonyl (C=O) groups excluding carboxylic acids is 1. The number of nitrogens with zero attached hydrogens (tertiary/aromatic N) is 3. The lowest BCUT2D eigenvalue weighted by Gasteiger charge is -2.20. The van der Waals surface area contributed by atoms with E-state index in [4.69, 9.17) is 9.72 Å². The lowest BCUT2D eigenvalue weighted by Crippen LogP contribution is -2.27. The van der Waals surface area contributed by atoms with Gasteiger partial charge in [0.1, 0.15) is 24.3 Å². The van der Waals surface area contributed by atoms with E-state index >= 15 is 0 Å². The predicted octanol–water partition coefficient (Wildman–Crippen LogP) is 4.61. The first-order valence-corrected chi connectivity index (χ1v) is 11.7. The molecule has 2 heterocycles. The number of imidazole rings is 1. The summed E-state index contributed by atoms with van der Waals surface area (Å²) in [5.41, 5.74) is 5.01. The van der Waals surface area contributed by atoms with E-state index < -0.39 is 6.10 Å². The molecule has 34 heavy (non-hydrogen) atoms. The van der Waals surface area contributed by atoms with Crippen molar-refractivity contribution in [3.05, 3.63) is 89.7 Å². The van der Waals surface area contributed by atoms with Crippen molar-refractivity contribution in [1.82, 2.24) is 9.55 Å². The summed E-state index contributed by atoms with van der Waals surface area (Å²) in [4.78, 5) is 19.7. The van der Waals surface area contributed by atoms with Gasteiger partial charge in [0.15, 0.2) is 0 Å². The Morgan fingerprint density at radius 3 is 2.56 bits per heavy atom. The number of ether oxygens (including phenoxy) is 1. The maximum atomic E-state index is 13.0. The zero-order valence-corrected chi connectivity index (χ0v) is 19.5. The van der Waals surface area contributed by atoms with E-state index in [-0.39, 0.29) is 18.4 Å². The first-order valence-electron chi connectivity index (χ1n) is 11.7. The largest absolute Gasteiger partial charge is 0.491 e. The normalized spacial score (nSPS) is 16.9. The van der Waals surface area contributed by atoms with Crippen LogP contribution in [0.5, 0.6) is 5.75 Å². The molecule has 3 aromatic carbocycles. The van der Waals surface area contributed by atoms with E-state index in [2.05, 4.69) is 4.57 Å². The monoisotopic (exact) mass is 455 g/mol. The highest BCUT2D eigenvalue weighted by Crippen LogP contribution is 2.34. The van der Waals surface area contributed by atoms with Gasteiger partial charge in [-0.05, 0) is 49.7 Å². The van der Waals surface area contributed by atoms with Gasteiger partial charge in [0.25, 0.3) is 0 Å². The number of aliphatic hydroxyl groups is 1. The molecule has 1 amide bonds. The fourth-order valence-electron chi connectivity index (χ4n) is 4.67. The number of para-hydroxylation sites is 3. The predicted molar refractivity (Wildman–Crippen MR) is 133 cm³/mol. The molecule has 1 aliphatic heterocycles. The van der Waals surface area contributed by atoms with Crippen LogP contribution >= 0.6 is 0 Å². The molecule has 4 aromatic rings. The minimum Gasteiger partial charge on any atom is -0.491 e. The minimum absolute atomic E-state index is 0.0512. The maximum absolute atomic E-state index is 13.0. The van der Waals surface area contributed by atoms with Crippen LogP contribution in [0.1, 0.15) is 29.3 Å². The van der Waals surface area contributed by atoms with E-state index in [1.807, 2.05) is 91.5 Å². The molecule has 0 saturated carbocycles. The van der Waals surface area contributed by atoms with Gasteiger partial charge < -0.3 is 19.3 Å². The Kier molecular flexibility index (Phi) is 6.07. The summed E-state index contributed by atoms with van der Waals surface area (Å²) in [5.74, 6) is 1.61. The summed E-state index contributed by atoms with van der Waals surface area (Å²) in [6.45, 7) is 5.14. The van der Waals surface area contributed by atoms with Crippen LogP contribution in [0.3, 0.4) is 0 Å². The molecule has 5 rings (SSSR count). The van der Waals surface area contributed by atoms with Crippen molar-refractivity contribution < 1.29 is 14.6 Å². The van der Waals surface area contributed by atoms with Crippen molar-refractivity contribution in [3.63, 3.8) is 0 Å². The highest BCUT2D eigenvalue weighted by molar-refractivity contribution is 5.97. The highest BCUT2D eigenvalue weighted by atomic mass is 16.5. The Balaban J connectivity index is 1.38. The van der Waals surface area contributed by atoms with Crippen LogP contribution in [-0.4, -0.2) is 39.8 Å². The molecular formula is C28H29N3O3. The van der Waals surface area contributed by atoms with Crippen LogP contribution in [-0.2, 0) is 11.3 Å². The average Bonchev–Trinajstić information content (AvgIpc) is 3.39. The number of rotatable bonds is 7. The van der Waals surface area contributed by atoms with Crippen LogP contribution in [0.25, 0.3) is 11.0 Å². The fourth-order valence-corrected chi connectivity index (χ4v) is 4.67.